The highest BCUT2D eigenvalue weighted by atomic mass is 32.2. The molecule has 1 amide bonds. The van der Waals surface area contributed by atoms with Crippen LogP contribution < -0.4 is 19.1 Å². The quantitative estimate of drug-likeness (QED) is 0.692. The zero-order valence-electron chi connectivity index (χ0n) is 16.5. The van der Waals surface area contributed by atoms with Crippen molar-refractivity contribution in [2.24, 2.45) is 0 Å². The molecule has 1 atom stereocenters. The number of hydrogen-bond donors (Lipinski definition) is 1. The summed E-state index contributed by atoms with van der Waals surface area (Å²) < 4.78 is 36.6. The van der Waals surface area contributed by atoms with E-state index in [1.54, 1.807) is 44.4 Å². The molecule has 2 aromatic rings. The normalized spacial score (nSPS) is 12.1. The van der Waals surface area contributed by atoms with Crippen LogP contribution in [0.1, 0.15) is 18.9 Å². The first kappa shape index (κ1) is 21.6. The highest BCUT2D eigenvalue weighted by Gasteiger charge is 2.31. The van der Waals surface area contributed by atoms with Gasteiger partial charge in [-0.2, -0.15) is 0 Å². The summed E-state index contributed by atoms with van der Waals surface area (Å²) in [4.78, 5) is 12.9. The molecule has 7 nitrogen and oxygen atoms in total. The molecule has 0 aliphatic carbocycles. The maximum absolute atomic E-state index is 12.9. The van der Waals surface area contributed by atoms with E-state index in [1.165, 1.54) is 7.11 Å². The van der Waals surface area contributed by atoms with Crippen LogP contribution in [0.5, 0.6) is 11.5 Å². The smallest absolute Gasteiger partial charge is 0.244 e. The minimum atomic E-state index is -3.70. The number of ether oxygens (including phenoxy) is 2. The van der Waals surface area contributed by atoms with Gasteiger partial charge in [0, 0.05) is 18.2 Å². The molecule has 0 aromatic heterocycles. The number of hydrogen-bond acceptors (Lipinski definition) is 5. The number of rotatable bonds is 9. The van der Waals surface area contributed by atoms with E-state index < -0.39 is 16.1 Å². The first-order chi connectivity index (χ1) is 13.3. The van der Waals surface area contributed by atoms with Gasteiger partial charge in [0.15, 0.2) is 0 Å². The van der Waals surface area contributed by atoms with Crippen LogP contribution in [-0.2, 0) is 21.4 Å². The molecule has 0 aliphatic heterocycles. The number of sulfonamides is 1. The highest BCUT2D eigenvalue weighted by molar-refractivity contribution is 7.92. The molecule has 0 unspecified atom stereocenters. The van der Waals surface area contributed by atoms with Gasteiger partial charge in [-0.05, 0) is 24.6 Å². The van der Waals surface area contributed by atoms with E-state index in [2.05, 4.69) is 5.32 Å². The zero-order valence-corrected chi connectivity index (χ0v) is 17.3. The van der Waals surface area contributed by atoms with Crippen molar-refractivity contribution in [2.75, 3.05) is 24.8 Å². The molecule has 1 N–H and O–H groups in total. The van der Waals surface area contributed by atoms with Gasteiger partial charge in [-0.1, -0.05) is 31.2 Å². The van der Waals surface area contributed by atoms with Crippen molar-refractivity contribution in [1.82, 2.24) is 5.32 Å². The Balaban J connectivity index is 2.28. The van der Waals surface area contributed by atoms with E-state index >= 15 is 0 Å². The zero-order chi connectivity index (χ0) is 20.7. The molecule has 8 heteroatoms. The van der Waals surface area contributed by atoms with E-state index in [0.29, 0.717) is 23.6 Å². The Morgan fingerprint density at radius 3 is 2.43 bits per heavy atom. The van der Waals surface area contributed by atoms with Crippen molar-refractivity contribution in [1.29, 1.82) is 0 Å². The molecule has 0 radical (unpaired) electrons. The highest BCUT2D eigenvalue weighted by Crippen LogP contribution is 2.26. The van der Waals surface area contributed by atoms with Crippen molar-refractivity contribution in [2.45, 2.75) is 25.9 Å². The summed E-state index contributed by atoms with van der Waals surface area (Å²) in [6, 6.07) is 13.1. The number of carbonyl (C=O) groups is 1. The van der Waals surface area contributed by atoms with Gasteiger partial charge in [0.25, 0.3) is 0 Å². The van der Waals surface area contributed by atoms with E-state index in [1.807, 2.05) is 18.2 Å². The molecule has 152 valence electrons. The molecule has 0 fully saturated rings. The van der Waals surface area contributed by atoms with Gasteiger partial charge in [0.05, 0.1) is 26.2 Å². The molecule has 2 rings (SSSR count). The summed E-state index contributed by atoms with van der Waals surface area (Å²) in [7, 11) is -0.642. The van der Waals surface area contributed by atoms with Crippen LogP contribution in [0, 0.1) is 0 Å². The molecule has 0 saturated heterocycles. The van der Waals surface area contributed by atoms with Gasteiger partial charge in [0.2, 0.25) is 15.9 Å². The van der Waals surface area contributed by atoms with Crippen LogP contribution in [0.4, 0.5) is 5.69 Å². The molecule has 0 aliphatic rings. The third kappa shape index (κ3) is 5.16. The van der Waals surface area contributed by atoms with E-state index in [0.717, 1.165) is 16.1 Å². The number of anilines is 1. The molecular formula is C20H26N2O5S. The van der Waals surface area contributed by atoms with Crippen LogP contribution >= 0.6 is 0 Å². The maximum atomic E-state index is 12.9. The molecule has 0 heterocycles. The van der Waals surface area contributed by atoms with Crippen LogP contribution in [0.2, 0.25) is 0 Å². The average Bonchev–Trinajstić information content (AvgIpc) is 2.69. The van der Waals surface area contributed by atoms with Crippen molar-refractivity contribution >= 4 is 21.6 Å². The van der Waals surface area contributed by atoms with E-state index in [-0.39, 0.29) is 12.5 Å². The van der Waals surface area contributed by atoms with Crippen molar-refractivity contribution in [3.8, 4) is 11.5 Å². The lowest BCUT2D eigenvalue weighted by Gasteiger charge is -2.30. The van der Waals surface area contributed by atoms with Crippen molar-refractivity contribution in [3.63, 3.8) is 0 Å². The number of amides is 1. The summed E-state index contributed by atoms with van der Waals surface area (Å²) in [5, 5.41) is 2.82. The van der Waals surface area contributed by atoms with E-state index in [4.69, 9.17) is 9.47 Å². The van der Waals surface area contributed by atoms with Crippen LogP contribution in [0.3, 0.4) is 0 Å². The van der Waals surface area contributed by atoms with E-state index in [9.17, 15) is 13.2 Å². The molecular weight excluding hydrogens is 380 g/mol. The first-order valence-electron chi connectivity index (χ1n) is 8.84. The largest absolute Gasteiger partial charge is 0.497 e. The number of carbonyl (C=O) groups excluding carboxylic acids is 1. The standard InChI is InChI=1S/C20H26N2O5S/c1-5-18(20(23)21-14-15-9-6-7-12-19(15)27-3)22(28(4,24)25)16-10-8-11-17(13-16)26-2/h6-13,18H,5,14H2,1-4H3,(H,21,23)/t18-/m1/s1. The Hall–Kier alpha value is -2.74. The minimum absolute atomic E-state index is 0.231. The second-order valence-corrected chi connectivity index (χ2v) is 8.07. The van der Waals surface area contributed by atoms with Gasteiger partial charge in [-0.3, -0.25) is 9.10 Å². The van der Waals surface area contributed by atoms with Gasteiger partial charge >= 0.3 is 0 Å². The fourth-order valence-corrected chi connectivity index (χ4v) is 4.16. The second-order valence-electron chi connectivity index (χ2n) is 6.21. The monoisotopic (exact) mass is 406 g/mol. The third-order valence-corrected chi connectivity index (χ3v) is 5.46. The lowest BCUT2D eigenvalue weighted by atomic mass is 10.1. The summed E-state index contributed by atoms with van der Waals surface area (Å²) in [5.41, 5.74) is 1.18. The Kier molecular flexibility index (Phi) is 7.28. The molecule has 0 saturated carbocycles. The molecule has 0 bridgehead atoms. The fraction of sp³-hybridized carbons (Fsp3) is 0.350. The summed E-state index contributed by atoms with van der Waals surface area (Å²) in [5.74, 6) is 0.778. The Labute approximate surface area is 166 Å². The van der Waals surface area contributed by atoms with Gasteiger partial charge < -0.3 is 14.8 Å². The predicted octanol–water partition coefficient (Wildman–Crippen LogP) is 2.56. The summed E-state index contributed by atoms with van der Waals surface area (Å²) in [6.07, 6.45) is 1.39. The lowest BCUT2D eigenvalue weighted by Crippen LogP contribution is -2.49. The number of nitrogens with one attached hydrogen (secondary N) is 1. The molecule has 2 aromatic carbocycles. The Morgan fingerprint density at radius 1 is 1.11 bits per heavy atom. The number of methoxy groups -OCH3 is 2. The Morgan fingerprint density at radius 2 is 1.82 bits per heavy atom. The number of para-hydroxylation sites is 1. The third-order valence-electron chi connectivity index (χ3n) is 4.28. The molecule has 0 spiro atoms. The molecule has 28 heavy (non-hydrogen) atoms. The lowest BCUT2D eigenvalue weighted by molar-refractivity contribution is -0.122. The Bertz CT molecular complexity index is 914. The van der Waals surface area contributed by atoms with Gasteiger partial charge in [-0.25, -0.2) is 8.42 Å². The number of nitrogens with zero attached hydrogens (tertiary/aromatic N) is 1. The van der Waals surface area contributed by atoms with Crippen molar-refractivity contribution < 1.29 is 22.7 Å². The maximum Gasteiger partial charge on any atom is 0.244 e. The van der Waals surface area contributed by atoms with Gasteiger partial charge in [0.1, 0.15) is 17.5 Å². The fourth-order valence-electron chi connectivity index (χ4n) is 2.96. The predicted molar refractivity (Wildman–Crippen MR) is 109 cm³/mol. The minimum Gasteiger partial charge on any atom is -0.497 e. The summed E-state index contributed by atoms with van der Waals surface area (Å²) >= 11 is 0. The van der Waals surface area contributed by atoms with Crippen LogP contribution in [-0.4, -0.2) is 40.8 Å². The topological polar surface area (TPSA) is 84.9 Å². The first-order valence-corrected chi connectivity index (χ1v) is 10.7. The van der Waals surface area contributed by atoms with Crippen molar-refractivity contribution in [3.05, 3.63) is 54.1 Å². The second kappa shape index (κ2) is 9.45. The SMILES string of the molecule is CC[C@H](C(=O)NCc1ccccc1OC)N(c1cccc(OC)c1)S(C)(=O)=O. The van der Waals surface area contributed by atoms with Crippen LogP contribution in [0.25, 0.3) is 0 Å². The van der Waals surface area contributed by atoms with Crippen LogP contribution in [0.15, 0.2) is 48.5 Å². The number of benzene rings is 2. The van der Waals surface area contributed by atoms with Gasteiger partial charge in [-0.15, -0.1) is 0 Å². The average molecular weight is 407 g/mol. The summed E-state index contributed by atoms with van der Waals surface area (Å²) in [6.45, 7) is 2.00.